The predicted molar refractivity (Wildman–Crippen MR) is 87.7 cm³/mol. The summed E-state index contributed by atoms with van der Waals surface area (Å²) >= 11 is 0.359. The minimum absolute atomic E-state index is 0.312. The van der Waals surface area contributed by atoms with Crippen LogP contribution in [0.1, 0.15) is 35.7 Å². The molecule has 0 aliphatic rings. The minimum atomic E-state index is -4.73. The van der Waals surface area contributed by atoms with Crippen molar-refractivity contribution in [1.82, 2.24) is 0 Å². The number of carboxylic acid groups (broad SMARTS) is 1. The van der Waals surface area contributed by atoms with Gasteiger partial charge in [0.2, 0.25) is 0 Å². The van der Waals surface area contributed by atoms with Crippen LogP contribution in [0.5, 0.6) is 5.75 Å². The van der Waals surface area contributed by atoms with Crippen molar-refractivity contribution in [3.05, 3.63) is 29.3 Å². The molecule has 1 atom stereocenters. The number of carbonyl (C=O) groups is 4. The lowest BCUT2D eigenvalue weighted by Crippen LogP contribution is -2.19. The van der Waals surface area contributed by atoms with E-state index in [9.17, 15) is 32.3 Å². The number of benzene rings is 1. The Kier molecular flexibility index (Phi) is 7.82. The Labute approximate surface area is 155 Å². The molecule has 0 radical (unpaired) electrons. The molecule has 0 amide bonds. The highest BCUT2D eigenvalue weighted by atomic mass is 32.2. The van der Waals surface area contributed by atoms with Gasteiger partial charge in [-0.1, -0.05) is 0 Å². The number of methoxy groups -OCH3 is 1. The zero-order chi connectivity index (χ0) is 20.8. The second-order valence-corrected chi connectivity index (χ2v) is 6.45. The molecule has 0 saturated carbocycles. The summed E-state index contributed by atoms with van der Waals surface area (Å²) in [4.78, 5) is 45.7. The van der Waals surface area contributed by atoms with E-state index < -0.39 is 57.7 Å². The van der Waals surface area contributed by atoms with E-state index in [1.54, 1.807) is 0 Å². The van der Waals surface area contributed by atoms with E-state index in [-0.39, 0.29) is 6.42 Å². The van der Waals surface area contributed by atoms with Crippen LogP contribution >= 0.6 is 11.8 Å². The number of alkyl halides is 3. The highest BCUT2D eigenvalue weighted by Crippen LogP contribution is 2.34. The number of ether oxygens (including phenoxy) is 2. The fraction of sp³-hybridized carbons (Fsp3) is 0.375. The number of thioether (sulfide) groups is 1. The maximum atomic E-state index is 12.8. The number of carboxylic acids is 1. The summed E-state index contributed by atoms with van der Waals surface area (Å²) in [5.41, 5.74) is -1.54. The normalized spacial score (nSPS) is 12.2. The van der Waals surface area contributed by atoms with Crippen LogP contribution in [0.2, 0.25) is 0 Å². The van der Waals surface area contributed by atoms with Gasteiger partial charge in [0.05, 0.1) is 24.3 Å². The van der Waals surface area contributed by atoms with Gasteiger partial charge in [0.25, 0.3) is 0 Å². The first-order chi connectivity index (χ1) is 12.5. The Balaban J connectivity index is 2.94. The van der Waals surface area contributed by atoms with Crippen LogP contribution in [-0.4, -0.2) is 40.5 Å². The summed E-state index contributed by atoms with van der Waals surface area (Å²) in [5.74, 6) is -3.41. The van der Waals surface area contributed by atoms with Gasteiger partial charge in [0.1, 0.15) is 17.1 Å². The van der Waals surface area contributed by atoms with Crippen LogP contribution in [0.25, 0.3) is 0 Å². The van der Waals surface area contributed by atoms with Gasteiger partial charge in [0, 0.05) is 6.42 Å². The first-order valence-corrected chi connectivity index (χ1v) is 8.26. The number of rotatable bonds is 7. The van der Waals surface area contributed by atoms with Crippen LogP contribution in [-0.2, 0) is 20.5 Å². The molecule has 27 heavy (non-hydrogen) atoms. The Bertz CT molecular complexity index is 746. The molecule has 0 bridgehead atoms. The molecule has 0 aromatic heterocycles. The number of hydrogen-bond acceptors (Lipinski definition) is 7. The number of Topliss-reactive ketones (excluding diaryl/α,β-unsaturated/α-hetero) is 1. The second-order valence-electron chi connectivity index (χ2n) is 5.17. The Hall–Kier alpha value is -2.56. The Morgan fingerprint density at radius 1 is 1.19 bits per heavy atom. The van der Waals surface area contributed by atoms with E-state index >= 15 is 0 Å². The van der Waals surface area contributed by atoms with E-state index in [0.717, 1.165) is 13.2 Å². The van der Waals surface area contributed by atoms with Crippen molar-refractivity contribution in [1.29, 1.82) is 0 Å². The van der Waals surface area contributed by atoms with Crippen molar-refractivity contribution in [2.24, 2.45) is 0 Å². The van der Waals surface area contributed by atoms with E-state index in [4.69, 9.17) is 9.84 Å². The first kappa shape index (κ1) is 22.5. The maximum Gasteiger partial charge on any atom is 0.416 e. The topological polar surface area (TPSA) is 107 Å². The lowest BCUT2D eigenvalue weighted by molar-refractivity contribution is -0.138. The third kappa shape index (κ3) is 6.93. The molecule has 0 heterocycles. The molecular weight excluding hydrogens is 393 g/mol. The van der Waals surface area contributed by atoms with Gasteiger partial charge < -0.3 is 14.6 Å². The molecule has 0 aliphatic carbocycles. The molecule has 11 heteroatoms. The van der Waals surface area contributed by atoms with E-state index in [1.807, 2.05) is 0 Å². The summed E-state index contributed by atoms with van der Waals surface area (Å²) in [7, 11) is 1.00. The van der Waals surface area contributed by atoms with Gasteiger partial charge in [-0.15, -0.1) is 0 Å². The van der Waals surface area contributed by atoms with E-state index in [1.165, 1.54) is 6.92 Å². The van der Waals surface area contributed by atoms with Crippen LogP contribution in [0, 0.1) is 0 Å². The smallest absolute Gasteiger partial charge is 0.416 e. The van der Waals surface area contributed by atoms with E-state index in [0.29, 0.717) is 23.9 Å². The van der Waals surface area contributed by atoms with Crippen molar-refractivity contribution >= 4 is 34.8 Å². The third-order valence-electron chi connectivity index (χ3n) is 3.22. The summed E-state index contributed by atoms with van der Waals surface area (Å²) in [6, 6.07) is 1.92. The lowest BCUT2D eigenvalue weighted by Gasteiger charge is -2.13. The average Bonchev–Trinajstić information content (AvgIpc) is 2.57. The Morgan fingerprint density at radius 2 is 1.81 bits per heavy atom. The summed E-state index contributed by atoms with van der Waals surface area (Å²) < 4.78 is 47.7. The average molecular weight is 408 g/mol. The molecule has 0 aliphatic heterocycles. The van der Waals surface area contributed by atoms with Crippen molar-refractivity contribution in [3.63, 3.8) is 0 Å². The highest BCUT2D eigenvalue weighted by molar-refractivity contribution is 8.14. The molecule has 0 spiro atoms. The molecule has 1 aromatic rings. The second kappa shape index (κ2) is 9.40. The quantitative estimate of drug-likeness (QED) is 0.683. The monoisotopic (exact) mass is 408 g/mol. The number of aliphatic carboxylic acids is 1. The van der Waals surface area contributed by atoms with Crippen LogP contribution in [0.15, 0.2) is 18.2 Å². The van der Waals surface area contributed by atoms with Gasteiger partial charge in [-0.2, -0.15) is 13.2 Å². The number of ketones is 1. The minimum Gasteiger partial charge on any atom is -0.481 e. The van der Waals surface area contributed by atoms with Gasteiger partial charge in [-0.05, 0) is 36.9 Å². The SMILES string of the molecule is COC(=O)c1ccc(C(F)(F)F)cc1OC(=O)SC(C)C(=O)CCC(=O)O. The zero-order valence-corrected chi connectivity index (χ0v) is 15.0. The standard InChI is InChI=1S/C16H15F3O7S/c1-8(11(20)5-6-13(21)22)27-15(24)26-12-7-9(16(17,18)19)3-4-10(12)14(23)25-2/h3-4,7-8H,5-6H2,1-2H3,(H,21,22). The van der Waals surface area contributed by atoms with Crippen LogP contribution in [0.3, 0.4) is 0 Å². The highest BCUT2D eigenvalue weighted by Gasteiger charge is 2.32. The predicted octanol–water partition coefficient (Wildman–Crippen LogP) is 3.55. The van der Waals surface area contributed by atoms with Crippen molar-refractivity contribution in [2.75, 3.05) is 7.11 Å². The fourth-order valence-electron chi connectivity index (χ4n) is 1.82. The molecule has 7 nitrogen and oxygen atoms in total. The third-order valence-corrected chi connectivity index (χ3v) is 4.11. The van der Waals surface area contributed by atoms with Crippen LogP contribution in [0.4, 0.5) is 18.0 Å². The van der Waals surface area contributed by atoms with Gasteiger partial charge in [-0.3, -0.25) is 9.59 Å². The largest absolute Gasteiger partial charge is 0.481 e. The summed E-state index contributed by atoms with van der Waals surface area (Å²) in [6.45, 7) is 1.32. The van der Waals surface area contributed by atoms with Crippen molar-refractivity contribution in [2.45, 2.75) is 31.2 Å². The van der Waals surface area contributed by atoms with Gasteiger partial charge in [-0.25, -0.2) is 9.59 Å². The van der Waals surface area contributed by atoms with Crippen molar-refractivity contribution < 1.29 is 46.9 Å². The Morgan fingerprint density at radius 3 is 2.33 bits per heavy atom. The lowest BCUT2D eigenvalue weighted by atomic mass is 10.1. The summed E-state index contributed by atoms with van der Waals surface area (Å²) in [5, 5.41) is 6.42. The molecule has 1 aromatic carbocycles. The van der Waals surface area contributed by atoms with Gasteiger partial charge in [0.15, 0.2) is 0 Å². The first-order valence-electron chi connectivity index (χ1n) is 7.38. The van der Waals surface area contributed by atoms with Gasteiger partial charge >= 0.3 is 23.4 Å². The molecule has 1 rings (SSSR count). The summed E-state index contributed by atoms with van der Waals surface area (Å²) in [6.07, 6.45) is -5.46. The number of esters is 1. The molecule has 1 unspecified atom stereocenters. The van der Waals surface area contributed by atoms with Crippen LogP contribution < -0.4 is 4.74 Å². The fourth-order valence-corrected chi connectivity index (χ4v) is 2.49. The zero-order valence-electron chi connectivity index (χ0n) is 14.2. The van der Waals surface area contributed by atoms with E-state index in [2.05, 4.69) is 4.74 Å². The maximum absolute atomic E-state index is 12.8. The molecule has 0 fully saturated rings. The molecular formula is C16H15F3O7S. The van der Waals surface area contributed by atoms with Crippen molar-refractivity contribution in [3.8, 4) is 5.75 Å². The molecule has 148 valence electrons. The number of carbonyl (C=O) groups excluding carboxylic acids is 3. The number of hydrogen-bond donors (Lipinski definition) is 1. The number of halogens is 3. The molecule has 1 N–H and O–H groups in total. The molecule has 0 saturated heterocycles.